The Hall–Kier alpha value is -1.16. The van der Waals surface area contributed by atoms with Gasteiger partial charge in [-0.05, 0) is 49.3 Å². The first-order chi connectivity index (χ1) is 10.1. The van der Waals surface area contributed by atoms with Crippen molar-refractivity contribution in [3.05, 3.63) is 29.6 Å². The molecule has 1 saturated carbocycles. The zero-order valence-electron chi connectivity index (χ0n) is 12.4. The zero-order chi connectivity index (χ0) is 14.9. The topological polar surface area (TPSA) is 29.3 Å². The van der Waals surface area contributed by atoms with Gasteiger partial charge in [0.2, 0.25) is 0 Å². The number of hydrogen-bond donors (Lipinski definition) is 1. The summed E-state index contributed by atoms with van der Waals surface area (Å²) in [6.45, 7) is 2.06. The average Bonchev–Trinajstić information content (AvgIpc) is 2.49. The van der Waals surface area contributed by atoms with Crippen molar-refractivity contribution < 1.29 is 4.39 Å². The Bertz CT molecular complexity index is 528. The molecule has 1 aromatic rings. The van der Waals surface area contributed by atoms with Gasteiger partial charge >= 0.3 is 0 Å². The number of thiocarbonyl (C=S) groups is 1. The van der Waals surface area contributed by atoms with E-state index >= 15 is 0 Å². The molecule has 21 heavy (non-hydrogen) atoms. The maximum atomic E-state index is 13.4. The van der Waals surface area contributed by atoms with Crippen LogP contribution in [0.25, 0.3) is 0 Å². The first kappa shape index (κ1) is 14.8. The van der Waals surface area contributed by atoms with Crippen LogP contribution in [0.2, 0.25) is 0 Å². The maximum absolute atomic E-state index is 13.4. The summed E-state index contributed by atoms with van der Waals surface area (Å²) in [6, 6.07) is 4.79. The lowest BCUT2D eigenvalue weighted by atomic mass is 9.68. The fourth-order valence-corrected chi connectivity index (χ4v) is 4.17. The predicted molar refractivity (Wildman–Crippen MR) is 89.3 cm³/mol. The van der Waals surface area contributed by atoms with E-state index in [2.05, 4.69) is 4.90 Å². The molecule has 0 radical (unpaired) electrons. The molecule has 2 aliphatic rings. The highest BCUT2D eigenvalue weighted by Crippen LogP contribution is 2.45. The average molecular weight is 306 g/mol. The summed E-state index contributed by atoms with van der Waals surface area (Å²) in [4.78, 5) is 2.61. The van der Waals surface area contributed by atoms with Crippen LogP contribution < -0.4 is 10.6 Å². The predicted octanol–water partition coefficient (Wildman–Crippen LogP) is 4.01. The van der Waals surface area contributed by atoms with Crippen molar-refractivity contribution in [1.82, 2.24) is 0 Å². The highest BCUT2D eigenvalue weighted by molar-refractivity contribution is 7.80. The van der Waals surface area contributed by atoms with E-state index in [1.807, 2.05) is 6.07 Å². The molecular formula is C17H23FN2S. The van der Waals surface area contributed by atoms with Gasteiger partial charge in [0.15, 0.2) is 0 Å². The molecule has 0 bridgehead atoms. The molecule has 114 valence electrons. The van der Waals surface area contributed by atoms with Crippen molar-refractivity contribution in [3.8, 4) is 0 Å². The molecule has 2 nitrogen and oxygen atoms in total. The van der Waals surface area contributed by atoms with Gasteiger partial charge in [-0.3, -0.25) is 0 Å². The fraction of sp³-hybridized carbons (Fsp3) is 0.588. The van der Waals surface area contributed by atoms with Crippen LogP contribution in [0.3, 0.4) is 0 Å². The van der Waals surface area contributed by atoms with Crippen molar-refractivity contribution in [3.63, 3.8) is 0 Å². The molecule has 1 aromatic carbocycles. The number of piperidine rings is 1. The van der Waals surface area contributed by atoms with Crippen LogP contribution in [0, 0.1) is 11.2 Å². The second-order valence-corrected chi connectivity index (χ2v) is 7.01. The molecule has 1 heterocycles. The van der Waals surface area contributed by atoms with E-state index in [4.69, 9.17) is 18.0 Å². The summed E-state index contributed by atoms with van der Waals surface area (Å²) in [5.41, 5.74) is 8.00. The number of benzene rings is 1. The maximum Gasteiger partial charge on any atom is 0.124 e. The van der Waals surface area contributed by atoms with Crippen molar-refractivity contribution in [1.29, 1.82) is 0 Å². The van der Waals surface area contributed by atoms with Gasteiger partial charge in [-0.15, -0.1) is 0 Å². The van der Waals surface area contributed by atoms with Crippen LogP contribution in [0.15, 0.2) is 18.2 Å². The molecule has 1 aliphatic heterocycles. The van der Waals surface area contributed by atoms with Crippen LogP contribution in [-0.4, -0.2) is 18.1 Å². The van der Waals surface area contributed by atoms with Gasteiger partial charge in [0.05, 0.1) is 0 Å². The molecular weight excluding hydrogens is 283 g/mol. The Kier molecular flexibility index (Phi) is 4.16. The summed E-state index contributed by atoms with van der Waals surface area (Å²) < 4.78 is 13.4. The number of anilines is 1. The van der Waals surface area contributed by atoms with Crippen LogP contribution >= 0.6 is 12.2 Å². The van der Waals surface area contributed by atoms with Crippen molar-refractivity contribution in [2.24, 2.45) is 11.1 Å². The molecule has 1 saturated heterocycles. The van der Waals surface area contributed by atoms with Gasteiger partial charge in [0.25, 0.3) is 0 Å². The minimum Gasteiger partial charge on any atom is -0.389 e. The number of hydrogen-bond acceptors (Lipinski definition) is 2. The van der Waals surface area contributed by atoms with Crippen molar-refractivity contribution >= 4 is 22.9 Å². The molecule has 2 fully saturated rings. The zero-order valence-corrected chi connectivity index (χ0v) is 13.2. The van der Waals surface area contributed by atoms with Gasteiger partial charge in [0, 0.05) is 24.3 Å². The number of rotatable bonds is 2. The van der Waals surface area contributed by atoms with E-state index in [1.54, 1.807) is 0 Å². The van der Waals surface area contributed by atoms with E-state index < -0.39 is 0 Å². The largest absolute Gasteiger partial charge is 0.389 e. The normalized spacial score (nSPS) is 21.5. The van der Waals surface area contributed by atoms with Gasteiger partial charge in [-0.25, -0.2) is 4.39 Å². The highest BCUT2D eigenvalue weighted by Gasteiger charge is 2.35. The van der Waals surface area contributed by atoms with Crippen molar-refractivity contribution in [2.45, 2.75) is 44.9 Å². The third kappa shape index (κ3) is 3.05. The van der Waals surface area contributed by atoms with Gasteiger partial charge < -0.3 is 10.6 Å². The molecule has 1 spiro atoms. The van der Waals surface area contributed by atoms with Gasteiger partial charge in [-0.1, -0.05) is 31.5 Å². The van der Waals surface area contributed by atoms with Crippen LogP contribution in [0.5, 0.6) is 0 Å². The lowest BCUT2D eigenvalue weighted by Gasteiger charge is -2.45. The Morgan fingerprint density at radius 2 is 1.76 bits per heavy atom. The summed E-state index contributed by atoms with van der Waals surface area (Å²) in [7, 11) is 0. The van der Waals surface area contributed by atoms with Crippen LogP contribution in [0.4, 0.5) is 10.1 Å². The first-order valence-electron chi connectivity index (χ1n) is 7.94. The third-order valence-electron chi connectivity index (χ3n) is 5.30. The molecule has 0 unspecified atom stereocenters. The molecule has 2 N–H and O–H groups in total. The Balaban J connectivity index is 1.76. The molecule has 0 atom stereocenters. The van der Waals surface area contributed by atoms with E-state index in [0.29, 0.717) is 11.0 Å². The Morgan fingerprint density at radius 1 is 1.10 bits per heavy atom. The standard InChI is InChI=1S/C17H23FN2S/c18-13-4-5-15(14(12-13)16(19)21)20-10-8-17(9-11-20)6-2-1-3-7-17/h4-5,12H,1-3,6-11H2,(H2,19,21). The summed E-state index contributed by atoms with van der Waals surface area (Å²) in [5, 5.41) is 0. The second kappa shape index (κ2) is 5.91. The summed E-state index contributed by atoms with van der Waals surface area (Å²) in [6.07, 6.45) is 9.40. The smallest absolute Gasteiger partial charge is 0.124 e. The van der Waals surface area contributed by atoms with E-state index in [9.17, 15) is 4.39 Å². The minimum atomic E-state index is -0.276. The lowest BCUT2D eigenvalue weighted by molar-refractivity contribution is 0.144. The van der Waals surface area contributed by atoms with E-state index in [1.165, 1.54) is 57.1 Å². The summed E-state index contributed by atoms with van der Waals surface area (Å²) in [5.74, 6) is -0.276. The summed E-state index contributed by atoms with van der Waals surface area (Å²) >= 11 is 5.08. The molecule has 4 heteroatoms. The van der Waals surface area contributed by atoms with Crippen LogP contribution in [0.1, 0.15) is 50.5 Å². The second-order valence-electron chi connectivity index (χ2n) is 6.57. The Labute approximate surface area is 131 Å². The minimum absolute atomic E-state index is 0.276. The van der Waals surface area contributed by atoms with E-state index in [-0.39, 0.29) is 10.8 Å². The molecule has 0 amide bonds. The highest BCUT2D eigenvalue weighted by atomic mass is 32.1. The van der Waals surface area contributed by atoms with E-state index in [0.717, 1.165) is 18.8 Å². The van der Waals surface area contributed by atoms with Crippen LogP contribution in [-0.2, 0) is 0 Å². The monoisotopic (exact) mass is 306 g/mol. The molecule has 0 aromatic heterocycles. The number of halogens is 1. The van der Waals surface area contributed by atoms with Crippen molar-refractivity contribution in [2.75, 3.05) is 18.0 Å². The quantitative estimate of drug-likeness (QED) is 0.837. The van der Waals surface area contributed by atoms with Gasteiger partial charge in [-0.2, -0.15) is 0 Å². The number of nitrogens with two attached hydrogens (primary N) is 1. The lowest BCUT2D eigenvalue weighted by Crippen LogP contribution is -2.41. The SMILES string of the molecule is NC(=S)c1cc(F)ccc1N1CCC2(CCCCC2)CC1. The molecule has 3 rings (SSSR count). The molecule has 1 aliphatic carbocycles. The third-order valence-corrected chi connectivity index (χ3v) is 5.52. The number of nitrogens with zero attached hydrogens (tertiary/aromatic N) is 1. The fourth-order valence-electron chi connectivity index (χ4n) is 4.01. The Morgan fingerprint density at radius 3 is 2.38 bits per heavy atom. The van der Waals surface area contributed by atoms with Gasteiger partial charge in [0.1, 0.15) is 10.8 Å². The first-order valence-corrected chi connectivity index (χ1v) is 8.35.